The fourth-order valence-corrected chi connectivity index (χ4v) is 6.70. The molecule has 0 radical (unpaired) electrons. The molecule has 1 aromatic carbocycles. The third-order valence-corrected chi connectivity index (χ3v) is 9.31. The van der Waals surface area contributed by atoms with E-state index in [9.17, 15) is 41.0 Å². The van der Waals surface area contributed by atoms with Crippen molar-refractivity contribution in [3.63, 3.8) is 0 Å². The van der Waals surface area contributed by atoms with Gasteiger partial charge in [0.25, 0.3) is 0 Å². The maximum Gasteiger partial charge on any atom is 0.416 e. The first kappa shape index (κ1) is 36.6. The number of amides is 1. The van der Waals surface area contributed by atoms with E-state index < -0.39 is 47.7 Å². The molecular formula is C34H38F6N6O4. The predicted molar refractivity (Wildman–Crippen MR) is 170 cm³/mol. The summed E-state index contributed by atoms with van der Waals surface area (Å²) in [6, 6.07) is 0.275. The number of aromatic nitrogens is 4. The third kappa shape index (κ3) is 8.38. The molecule has 16 heteroatoms. The number of piperidine rings is 1. The van der Waals surface area contributed by atoms with Gasteiger partial charge >= 0.3 is 24.4 Å². The molecule has 0 spiro atoms. The van der Waals surface area contributed by atoms with Crippen LogP contribution in [0.1, 0.15) is 75.5 Å². The Balaban J connectivity index is 1.47. The van der Waals surface area contributed by atoms with Gasteiger partial charge in [-0.05, 0) is 62.3 Å². The van der Waals surface area contributed by atoms with Gasteiger partial charge in [0.15, 0.2) is 0 Å². The summed E-state index contributed by atoms with van der Waals surface area (Å²) >= 11 is 0. The van der Waals surface area contributed by atoms with Crippen LogP contribution in [-0.4, -0.2) is 66.0 Å². The van der Waals surface area contributed by atoms with Gasteiger partial charge in [0.2, 0.25) is 5.95 Å². The molecule has 3 heterocycles. The normalized spacial score (nSPS) is 21.5. The van der Waals surface area contributed by atoms with Crippen molar-refractivity contribution < 1.29 is 45.8 Å². The molecule has 270 valence electrons. The van der Waals surface area contributed by atoms with Gasteiger partial charge < -0.3 is 19.6 Å². The van der Waals surface area contributed by atoms with Gasteiger partial charge in [-0.2, -0.15) is 31.4 Å². The molecule has 10 nitrogen and oxygen atoms in total. The maximum atomic E-state index is 13.8. The average Bonchev–Trinajstić information content (AvgIpc) is 3.52. The summed E-state index contributed by atoms with van der Waals surface area (Å²) in [6.07, 6.45) is -0.593. The van der Waals surface area contributed by atoms with Gasteiger partial charge in [-0.25, -0.2) is 19.6 Å². The lowest BCUT2D eigenvalue weighted by atomic mass is 9.87. The Labute approximate surface area is 284 Å². The van der Waals surface area contributed by atoms with Crippen LogP contribution in [-0.2, 0) is 35.5 Å². The van der Waals surface area contributed by atoms with Gasteiger partial charge in [0.05, 0.1) is 17.3 Å². The second-order valence-corrected chi connectivity index (χ2v) is 12.7. The molecule has 4 atom stereocenters. The average molecular weight is 709 g/mol. The molecule has 50 heavy (non-hydrogen) atoms. The smallest absolute Gasteiger partial charge is 0.416 e. The van der Waals surface area contributed by atoms with Crippen molar-refractivity contribution in [1.29, 1.82) is 0 Å². The predicted octanol–water partition coefficient (Wildman–Crippen LogP) is 7.64. The SMILES string of the molecule is CC[C@@H]1CC(N(Cc2cc(C(F)(F)F)cc(C(F)(F)F)c2)c2ncc(-c3cnn(C)c3)cn2)C[C@H](CC)N1C(=O)OC1CC=C(C(=O)O)CC1. The van der Waals surface area contributed by atoms with Gasteiger partial charge in [-0.15, -0.1) is 0 Å². The van der Waals surface area contributed by atoms with Crippen LogP contribution in [0, 0.1) is 0 Å². The Bertz CT molecular complexity index is 1660. The molecular weight excluding hydrogens is 670 g/mol. The zero-order valence-corrected chi connectivity index (χ0v) is 27.7. The molecule has 1 aliphatic carbocycles. The summed E-state index contributed by atoms with van der Waals surface area (Å²) in [6.45, 7) is 3.41. The first-order valence-corrected chi connectivity index (χ1v) is 16.3. The highest BCUT2D eigenvalue weighted by Gasteiger charge is 2.42. The molecule has 2 unspecified atom stereocenters. The van der Waals surface area contributed by atoms with Crippen LogP contribution < -0.4 is 4.90 Å². The molecule has 5 rings (SSSR count). The number of carbonyl (C=O) groups is 2. The molecule has 2 aliphatic rings. The molecule has 1 amide bonds. The second-order valence-electron chi connectivity index (χ2n) is 12.7. The number of hydrogen-bond donors (Lipinski definition) is 1. The number of alkyl halides is 6. The number of likely N-dealkylation sites (tertiary alicyclic amines) is 1. The zero-order valence-electron chi connectivity index (χ0n) is 27.7. The summed E-state index contributed by atoms with van der Waals surface area (Å²) in [4.78, 5) is 37.2. The van der Waals surface area contributed by atoms with Crippen LogP contribution in [0.5, 0.6) is 0 Å². The van der Waals surface area contributed by atoms with Gasteiger partial charge in [-0.3, -0.25) is 4.68 Å². The highest BCUT2D eigenvalue weighted by Crippen LogP contribution is 2.38. The van der Waals surface area contributed by atoms with Crippen LogP contribution in [0.4, 0.5) is 37.1 Å². The van der Waals surface area contributed by atoms with Crippen LogP contribution in [0.3, 0.4) is 0 Å². The van der Waals surface area contributed by atoms with Crippen molar-refractivity contribution in [3.8, 4) is 11.1 Å². The lowest BCUT2D eigenvalue weighted by molar-refractivity contribution is -0.143. The summed E-state index contributed by atoms with van der Waals surface area (Å²) < 4.78 is 90.2. The minimum absolute atomic E-state index is 0.0991. The largest absolute Gasteiger partial charge is 0.478 e. The highest BCUT2D eigenvalue weighted by atomic mass is 19.4. The summed E-state index contributed by atoms with van der Waals surface area (Å²) in [5.74, 6) is -0.897. The van der Waals surface area contributed by atoms with E-state index in [1.165, 1.54) is 12.4 Å². The molecule has 1 aliphatic heterocycles. The summed E-state index contributed by atoms with van der Waals surface area (Å²) in [5, 5.41) is 13.4. The number of carboxylic acid groups (broad SMARTS) is 1. The number of halogens is 6. The van der Waals surface area contributed by atoms with Gasteiger partial charge in [-0.1, -0.05) is 19.9 Å². The number of carbonyl (C=O) groups excluding carboxylic acids is 1. The molecule has 0 saturated carbocycles. The van der Waals surface area contributed by atoms with E-state index in [4.69, 9.17) is 4.74 Å². The number of rotatable bonds is 9. The molecule has 3 aromatic rings. The van der Waals surface area contributed by atoms with E-state index in [0.29, 0.717) is 49.8 Å². The van der Waals surface area contributed by atoms with E-state index in [2.05, 4.69) is 15.1 Å². The van der Waals surface area contributed by atoms with E-state index in [-0.39, 0.29) is 54.6 Å². The number of aliphatic carboxylic acids is 1. The fourth-order valence-electron chi connectivity index (χ4n) is 6.70. The van der Waals surface area contributed by atoms with Crippen molar-refractivity contribution in [2.75, 3.05) is 4.90 Å². The molecule has 1 N–H and O–H groups in total. The third-order valence-electron chi connectivity index (χ3n) is 9.31. The number of nitrogens with zero attached hydrogens (tertiary/aromatic N) is 6. The lowest BCUT2D eigenvalue weighted by Gasteiger charge is -2.47. The van der Waals surface area contributed by atoms with Crippen molar-refractivity contribution in [1.82, 2.24) is 24.6 Å². The van der Waals surface area contributed by atoms with Crippen molar-refractivity contribution in [2.45, 2.75) is 102 Å². The summed E-state index contributed by atoms with van der Waals surface area (Å²) in [7, 11) is 1.74. The van der Waals surface area contributed by atoms with E-state index in [1.807, 2.05) is 13.8 Å². The van der Waals surface area contributed by atoms with Crippen LogP contribution in [0.15, 0.2) is 54.6 Å². The van der Waals surface area contributed by atoms with Crippen molar-refractivity contribution >= 4 is 18.0 Å². The number of carboxylic acids is 1. The molecule has 1 fully saturated rings. The molecule has 1 saturated heterocycles. The van der Waals surface area contributed by atoms with Gasteiger partial charge in [0, 0.05) is 73.4 Å². The monoisotopic (exact) mass is 708 g/mol. The van der Waals surface area contributed by atoms with Crippen molar-refractivity contribution in [3.05, 3.63) is 71.3 Å². The Hall–Kier alpha value is -4.63. The van der Waals surface area contributed by atoms with Crippen molar-refractivity contribution in [2.24, 2.45) is 7.05 Å². The Morgan fingerprint density at radius 2 is 1.54 bits per heavy atom. The number of aryl methyl sites for hydroxylation is 1. The van der Waals surface area contributed by atoms with Crippen LogP contribution in [0.2, 0.25) is 0 Å². The first-order chi connectivity index (χ1) is 23.6. The Morgan fingerprint density at radius 3 is 2.00 bits per heavy atom. The fraction of sp³-hybridized carbons (Fsp3) is 0.500. The minimum Gasteiger partial charge on any atom is -0.478 e. The Morgan fingerprint density at radius 1 is 0.940 bits per heavy atom. The molecule has 2 aromatic heterocycles. The quantitative estimate of drug-likeness (QED) is 0.226. The van der Waals surface area contributed by atoms with E-state index in [0.717, 1.165) is 5.56 Å². The second kappa shape index (κ2) is 14.7. The summed E-state index contributed by atoms with van der Waals surface area (Å²) in [5.41, 5.74) is -1.45. The van der Waals surface area contributed by atoms with E-state index in [1.54, 1.807) is 40.0 Å². The standard InChI is InChI=1S/C34H38F6N6O4/c1-4-26-13-28(14-27(5-2)46(26)32(49)50-29-8-6-21(7-9-29)30(47)48)45(31-41-15-22(16-42-31)23-17-43-44(3)19-23)18-20-10-24(33(35,36)37)12-25(11-20)34(38,39)40/h6,10-12,15-17,19,26-29H,4-5,7-9,13-14,18H2,1-3H3,(H,47,48)/t26-,27+,28?,29?. The number of ether oxygens (including phenoxy) is 1. The maximum absolute atomic E-state index is 13.8. The zero-order chi connectivity index (χ0) is 36.4. The topological polar surface area (TPSA) is 114 Å². The lowest BCUT2D eigenvalue weighted by Crippen LogP contribution is -2.57. The van der Waals surface area contributed by atoms with Gasteiger partial charge in [0.1, 0.15) is 6.10 Å². The van der Waals surface area contributed by atoms with Crippen LogP contribution >= 0.6 is 0 Å². The highest BCUT2D eigenvalue weighted by molar-refractivity contribution is 5.86. The number of anilines is 1. The molecule has 0 bridgehead atoms. The first-order valence-electron chi connectivity index (χ1n) is 16.3. The Kier molecular flexibility index (Phi) is 10.8. The minimum atomic E-state index is -5.02. The van der Waals surface area contributed by atoms with E-state index >= 15 is 0 Å². The number of benzene rings is 1. The van der Waals surface area contributed by atoms with Crippen LogP contribution in [0.25, 0.3) is 11.1 Å². The number of hydrogen-bond acceptors (Lipinski definition) is 7.